The van der Waals surface area contributed by atoms with Crippen molar-refractivity contribution >= 4 is 51.6 Å². The Bertz CT molecular complexity index is 1390. The van der Waals surface area contributed by atoms with Crippen molar-refractivity contribution in [1.29, 1.82) is 5.26 Å². The zero-order chi connectivity index (χ0) is 23.2. The Kier molecular flexibility index (Phi) is 6.95. The van der Waals surface area contributed by atoms with E-state index in [4.69, 9.17) is 27.9 Å². The predicted octanol–water partition coefficient (Wildman–Crippen LogP) is 7.27. The molecule has 33 heavy (non-hydrogen) atoms. The third kappa shape index (κ3) is 5.72. The maximum Gasteiger partial charge on any atom is 0.266 e. The minimum atomic E-state index is -0.521. The van der Waals surface area contributed by atoms with Crippen LogP contribution in [0.2, 0.25) is 10.0 Å². The maximum absolute atomic E-state index is 12.4. The molecule has 0 atom stereocenters. The number of hydrogen-bond donors (Lipinski definition) is 1. The number of nitrogens with one attached hydrogen (secondary N) is 1. The maximum atomic E-state index is 12.4. The van der Waals surface area contributed by atoms with E-state index in [2.05, 4.69) is 29.6 Å². The average Bonchev–Trinajstić information content (AvgIpc) is 2.83. The summed E-state index contributed by atoms with van der Waals surface area (Å²) in [6, 6.07) is 28.0. The van der Waals surface area contributed by atoms with E-state index in [0.717, 1.165) is 10.9 Å². The van der Waals surface area contributed by atoms with Gasteiger partial charge in [0.15, 0.2) is 0 Å². The summed E-state index contributed by atoms with van der Waals surface area (Å²) in [5.74, 6) is -0.00123. The minimum Gasteiger partial charge on any atom is -0.487 e. The van der Waals surface area contributed by atoms with E-state index in [9.17, 15) is 10.1 Å². The summed E-state index contributed by atoms with van der Waals surface area (Å²) in [7, 11) is 0. The monoisotopic (exact) mass is 472 g/mol. The number of nitrogens with zero attached hydrogens (tertiary/aromatic N) is 1. The first kappa shape index (κ1) is 22.4. The van der Waals surface area contributed by atoms with E-state index in [1.807, 2.05) is 24.3 Å². The lowest BCUT2D eigenvalue weighted by molar-refractivity contribution is -0.112. The lowest BCUT2D eigenvalue weighted by Crippen LogP contribution is -2.13. The van der Waals surface area contributed by atoms with Crippen molar-refractivity contribution in [3.05, 3.63) is 112 Å². The Hall–Kier alpha value is -3.78. The van der Waals surface area contributed by atoms with Gasteiger partial charge >= 0.3 is 0 Å². The molecule has 0 saturated heterocycles. The number of rotatable bonds is 6. The highest BCUT2D eigenvalue weighted by Gasteiger charge is 2.11. The minimum absolute atomic E-state index is 0.0501. The van der Waals surface area contributed by atoms with Gasteiger partial charge in [0.2, 0.25) is 0 Å². The fraction of sp³-hybridized carbons (Fsp3) is 0.0370. The quantitative estimate of drug-likeness (QED) is 0.237. The Morgan fingerprint density at radius 1 is 0.939 bits per heavy atom. The predicted molar refractivity (Wildman–Crippen MR) is 133 cm³/mol. The number of fused-ring (bicyclic) bond motifs is 1. The van der Waals surface area contributed by atoms with Crippen LogP contribution < -0.4 is 10.1 Å². The number of nitriles is 1. The molecule has 0 aliphatic heterocycles. The van der Waals surface area contributed by atoms with Crippen LogP contribution in [-0.2, 0) is 11.4 Å². The third-order valence-corrected chi connectivity index (χ3v) is 5.49. The van der Waals surface area contributed by atoms with Crippen LogP contribution in [0.15, 0.2) is 90.5 Å². The number of carbonyl (C=O) groups excluding carboxylic acids is 1. The van der Waals surface area contributed by atoms with Crippen LogP contribution in [0.5, 0.6) is 5.75 Å². The first-order valence-corrected chi connectivity index (χ1v) is 10.9. The lowest BCUT2D eigenvalue weighted by atomic mass is 10.1. The van der Waals surface area contributed by atoms with Crippen LogP contribution in [0.3, 0.4) is 0 Å². The third-order valence-electron chi connectivity index (χ3n) is 4.94. The molecule has 0 bridgehead atoms. The van der Waals surface area contributed by atoms with Crippen LogP contribution in [0.1, 0.15) is 11.1 Å². The number of hydrogen-bond acceptors (Lipinski definition) is 3. The molecule has 4 rings (SSSR count). The van der Waals surface area contributed by atoms with Gasteiger partial charge in [-0.1, -0.05) is 65.7 Å². The van der Waals surface area contributed by atoms with E-state index in [1.165, 1.54) is 11.5 Å². The zero-order valence-electron chi connectivity index (χ0n) is 17.4. The van der Waals surface area contributed by atoms with Crippen LogP contribution in [0, 0.1) is 11.3 Å². The first-order valence-electron chi connectivity index (χ1n) is 10.1. The van der Waals surface area contributed by atoms with Crippen molar-refractivity contribution in [2.75, 3.05) is 5.32 Å². The summed E-state index contributed by atoms with van der Waals surface area (Å²) < 4.78 is 5.89. The molecule has 162 valence electrons. The summed E-state index contributed by atoms with van der Waals surface area (Å²) in [6.07, 6.45) is 1.48. The molecular formula is C27H18Cl2N2O2. The fourth-order valence-corrected chi connectivity index (χ4v) is 3.63. The molecule has 0 saturated carbocycles. The molecule has 4 nitrogen and oxygen atoms in total. The van der Waals surface area contributed by atoms with E-state index in [0.29, 0.717) is 33.7 Å². The lowest BCUT2D eigenvalue weighted by Gasteiger charge is -2.10. The number of anilines is 1. The molecule has 0 radical (unpaired) electrons. The van der Waals surface area contributed by atoms with Crippen LogP contribution in [0.4, 0.5) is 5.69 Å². The molecule has 4 aromatic rings. The van der Waals surface area contributed by atoms with E-state index in [-0.39, 0.29) is 5.57 Å². The second kappa shape index (κ2) is 10.2. The van der Waals surface area contributed by atoms with Gasteiger partial charge in [0.05, 0.1) is 5.02 Å². The van der Waals surface area contributed by atoms with E-state index < -0.39 is 5.91 Å². The largest absolute Gasteiger partial charge is 0.487 e. The van der Waals surface area contributed by atoms with Crippen molar-refractivity contribution in [3.8, 4) is 11.8 Å². The number of benzene rings is 4. The normalized spacial score (nSPS) is 11.1. The number of halogens is 2. The summed E-state index contributed by atoms with van der Waals surface area (Å²) >= 11 is 12.2. The van der Waals surface area contributed by atoms with Gasteiger partial charge in [-0.3, -0.25) is 4.79 Å². The van der Waals surface area contributed by atoms with Gasteiger partial charge in [0, 0.05) is 10.7 Å². The SMILES string of the molecule is N#C/C(=C\c1ccc(OCc2ccc3ccccc3c2)c(Cl)c1)C(=O)Nc1ccc(Cl)cc1. The Morgan fingerprint density at radius 2 is 1.70 bits per heavy atom. The summed E-state index contributed by atoms with van der Waals surface area (Å²) in [4.78, 5) is 12.4. The van der Waals surface area contributed by atoms with Gasteiger partial charge in [0.25, 0.3) is 5.91 Å². The second-order valence-corrected chi connectivity index (χ2v) is 8.13. The number of amides is 1. The van der Waals surface area contributed by atoms with Gasteiger partial charge in [-0.05, 0) is 70.4 Å². The topological polar surface area (TPSA) is 62.1 Å². The molecule has 4 aromatic carbocycles. The van der Waals surface area contributed by atoms with Crippen molar-refractivity contribution in [3.63, 3.8) is 0 Å². The fourth-order valence-electron chi connectivity index (χ4n) is 3.26. The number of ether oxygens (including phenoxy) is 1. The Morgan fingerprint density at radius 3 is 2.42 bits per heavy atom. The summed E-state index contributed by atoms with van der Waals surface area (Å²) in [5.41, 5.74) is 2.13. The molecule has 6 heteroatoms. The smallest absolute Gasteiger partial charge is 0.266 e. The second-order valence-electron chi connectivity index (χ2n) is 7.29. The van der Waals surface area contributed by atoms with Crippen LogP contribution >= 0.6 is 23.2 Å². The van der Waals surface area contributed by atoms with Crippen molar-refractivity contribution in [2.24, 2.45) is 0 Å². The van der Waals surface area contributed by atoms with Crippen molar-refractivity contribution < 1.29 is 9.53 Å². The summed E-state index contributed by atoms with van der Waals surface area (Å²) in [5, 5.41) is 15.4. The molecular weight excluding hydrogens is 455 g/mol. The van der Waals surface area contributed by atoms with Crippen molar-refractivity contribution in [1.82, 2.24) is 0 Å². The van der Waals surface area contributed by atoms with Gasteiger partial charge < -0.3 is 10.1 Å². The average molecular weight is 473 g/mol. The highest BCUT2D eigenvalue weighted by Crippen LogP contribution is 2.28. The molecule has 0 aliphatic rings. The standard InChI is InChI=1S/C27H18Cl2N2O2/c28-23-8-10-24(11-9-23)31-27(32)22(16-30)13-18-6-12-26(25(29)15-18)33-17-19-5-7-20-3-1-2-4-21(20)14-19/h1-15H,17H2,(H,31,32)/b22-13+. The Labute approximate surface area is 201 Å². The molecule has 0 spiro atoms. The molecule has 0 heterocycles. The van der Waals surface area contributed by atoms with Crippen LogP contribution in [-0.4, -0.2) is 5.91 Å². The molecule has 0 unspecified atom stereocenters. The number of carbonyl (C=O) groups is 1. The molecule has 1 amide bonds. The Balaban J connectivity index is 1.45. The first-order chi connectivity index (χ1) is 16.0. The van der Waals surface area contributed by atoms with Gasteiger partial charge in [-0.15, -0.1) is 0 Å². The van der Waals surface area contributed by atoms with Gasteiger partial charge in [-0.25, -0.2) is 0 Å². The highest BCUT2D eigenvalue weighted by molar-refractivity contribution is 6.32. The molecule has 0 fully saturated rings. The van der Waals surface area contributed by atoms with Gasteiger partial charge in [0.1, 0.15) is 24.0 Å². The van der Waals surface area contributed by atoms with E-state index >= 15 is 0 Å². The zero-order valence-corrected chi connectivity index (χ0v) is 18.9. The van der Waals surface area contributed by atoms with E-state index in [1.54, 1.807) is 42.5 Å². The molecule has 0 aromatic heterocycles. The van der Waals surface area contributed by atoms with Crippen LogP contribution in [0.25, 0.3) is 16.8 Å². The molecule has 0 aliphatic carbocycles. The highest BCUT2D eigenvalue weighted by atomic mass is 35.5. The van der Waals surface area contributed by atoms with Crippen molar-refractivity contribution in [2.45, 2.75) is 6.61 Å². The molecule has 1 N–H and O–H groups in total. The summed E-state index contributed by atoms with van der Waals surface area (Å²) in [6.45, 7) is 0.368. The van der Waals surface area contributed by atoms with Gasteiger partial charge in [-0.2, -0.15) is 5.26 Å².